The summed E-state index contributed by atoms with van der Waals surface area (Å²) in [6.07, 6.45) is 36.3. The molecule has 0 aromatic rings. The Morgan fingerprint density at radius 3 is 1.59 bits per heavy atom. The lowest BCUT2D eigenvalue weighted by Crippen LogP contribution is -2.29. The second kappa shape index (κ2) is 36.3. The molecule has 1 unspecified atom stereocenters. The second-order valence-corrected chi connectivity index (χ2v) is 14.6. The van der Waals surface area contributed by atoms with Crippen molar-refractivity contribution >= 4 is 19.8 Å². The van der Waals surface area contributed by atoms with Crippen LogP contribution in [0, 0.1) is 0 Å². The van der Waals surface area contributed by atoms with Gasteiger partial charge in [0.2, 0.25) is 0 Å². The number of hydrogen-bond acceptors (Lipinski definition) is 8. The maximum atomic E-state index is 12.5. The Balaban J connectivity index is 4.21. The molecule has 0 spiro atoms. The molecule has 0 bridgehead atoms. The smallest absolute Gasteiger partial charge is 0.462 e. The van der Waals surface area contributed by atoms with E-state index in [2.05, 4.69) is 38.2 Å². The summed E-state index contributed by atoms with van der Waals surface area (Å²) in [5, 5.41) is 0. The molecular weight excluding hydrogens is 641 g/mol. The van der Waals surface area contributed by atoms with E-state index in [4.69, 9.17) is 24.3 Å². The van der Waals surface area contributed by atoms with Crippen molar-refractivity contribution in [1.29, 1.82) is 0 Å². The summed E-state index contributed by atoms with van der Waals surface area (Å²) >= 11 is 0. The SMILES string of the molecule is CCCCC/C=C\C/C=C\CCCCCCCC(=O)OC[C@H](COP(=O)(O)OCCN)OC(=O)CCCCCCCCCCCCCCC. The fourth-order valence-corrected chi connectivity index (χ4v) is 6.13. The van der Waals surface area contributed by atoms with Crippen LogP contribution in [0.3, 0.4) is 0 Å². The Kier molecular flexibility index (Phi) is 35.2. The van der Waals surface area contributed by atoms with E-state index in [1.807, 2.05) is 0 Å². The molecule has 0 aromatic carbocycles. The molecule has 0 aliphatic heterocycles. The van der Waals surface area contributed by atoms with Gasteiger partial charge >= 0.3 is 19.8 Å². The normalized spacial score (nSPS) is 13.6. The van der Waals surface area contributed by atoms with Crippen molar-refractivity contribution < 1.29 is 37.6 Å². The summed E-state index contributed by atoms with van der Waals surface area (Å²) < 4.78 is 32.7. The van der Waals surface area contributed by atoms with Crippen molar-refractivity contribution in [2.45, 2.75) is 187 Å². The average molecular weight is 716 g/mol. The van der Waals surface area contributed by atoms with Crippen LogP contribution >= 0.6 is 7.82 Å². The van der Waals surface area contributed by atoms with Crippen molar-refractivity contribution in [2.24, 2.45) is 5.73 Å². The largest absolute Gasteiger partial charge is 0.472 e. The van der Waals surface area contributed by atoms with Crippen LogP contribution < -0.4 is 5.73 Å². The lowest BCUT2D eigenvalue weighted by molar-refractivity contribution is -0.161. The van der Waals surface area contributed by atoms with Gasteiger partial charge in [-0.3, -0.25) is 18.6 Å². The van der Waals surface area contributed by atoms with E-state index in [0.717, 1.165) is 57.8 Å². The van der Waals surface area contributed by atoms with Crippen molar-refractivity contribution in [3.63, 3.8) is 0 Å². The van der Waals surface area contributed by atoms with Gasteiger partial charge in [0.25, 0.3) is 0 Å². The Morgan fingerprint density at radius 1 is 0.612 bits per heavy atom. The van der Waals surface area contributed by atoms with Crippen molar-refractivity contribution in [3.8, 4) is 0 Å². The van der Waals surface area contributed by atoms with Gasteiger partial charge in [-0.15, -0.1) is 0 Å². The first-order chi connectivity index (χ1) is 23.8. The van der Waals surface area contributed by atoms with Crippen LogP contribution in [0.5, 0.6) is 0 Å². The maximum absolute atomic E-state index is 12.5. The number of hydrogen-bond donors (Lipinski definition) is 2. The van der Waals surface area contributed by atoms with Crippen LogP contribution in [-0.2, 0) is 32.7 Å². The van der Waals surface area contributed by atoms with Gasteiger partial charge in [-0.2, -0.15) is 0 Å². The van der Waals surface area contributed by atoms with Crippen molar-refractivity contribution in [1.82, 2.24) is 0 Å². The van der Waals surface area contributed by atoms with Crippen LogP contribution in [0.1, 0.15) is 181 Å². The lowest BCUT2D eigenvalue weighted by atomic mass is 10.0. The average Bonchev–Trinajstić information content (AvgIpc) is 3.08. The van der Waals surface area contributed by atoms with Gasteiger partial charge < -0.3 is 20.1 Å². The number of phosphoric acid groups is 1. The van der Waals surface area contributed by atoms with Crippen LogP contribution in [0.15, 0.2) is 24.3 Å². The Morgan fingerprint density at radius 2 is 1.06 bits per heavy atom. The molecule has 0 fully saturated rings. The topological polar surface area (TPSA) is 134 Å². The highest BCUT2D eigenvalue weighted by Gasteiger charge is 2.25. The summed E-state index contributed by atoms with van der Waals surface area (Å²) in [7, 11) is -4.37. The molecule has 0 radical (unpaired) electrons. The number of unbranched alkanes of at least 4 members (excludes halogenated alkanes) is 20. The molecule has 3 N–H and O–H groups in total. The standard InChI is InChI=1S/C39H74NO8P/c1-3-5-7-9-11-13-15-17-18-20-21-23-25-27-29-31-38(41)45-35-37(36-47-49(43,44)46-34-33-40)48-39(42)32-30-28-26-24-22-19-16-14-12-10-8-6-4-2/h11,13,17-18,37H,3-10,12,14-16,19-36,40H2,1-2H3,(H,43,44)/b13-11-,18-17-/t37-/m1/s1. The predicted octanol–water partition coefficient (Wildman–Crippen LogP) is 10.8. The highest BCUT2D eigenvalue weighted by atomic mass is 31.2. The summed E-state index contributed by atoms with van der Waals surface area (Å²) in [6, 6.07) is 0. The van der Waals surface area contributed by atoms with Gasteiger partial charge in [0, 0.05) is 19.4 Å². The van der Waals surface area contributed by atoms with E-state index in [0.29, 0.717) is 6.42 Å². The lowest BCUT2D eigenvalue weighted by Gasteiger charge is -2.19. The molecule has 0 saturated heterocycles. The van der Waals surface area contributed by atoms with E-state index in [9.17, 15) is 19.0 Å². The van der Waals surface area contributed by atoms with Crippen LogP contribution in [-0.4, -0.2) is 49.3 Å². The van der Waals surface area contributed by atoms with Gasteiger partial charge in [-0.05, 0) is 44.9 Å². The van der Waals surface area contributed by atoms with Gasteiger partial charge in [0.15, 0.2) is 6.10 Å². The van der Waals surface area contributed by atoms with E-state index in [1.54, 1.807) is 0 Å². The fraction of sp³-hybridized carbons (Fsp3) is 0.846. The van der Waals surface area contributed by atoms with Gasteiger partial charge in [0.1, 0.15) is 6.61 Å². The van der Waals surface area contributed by atoms with E-state index >= 15 is 0 Å². The predicted molar refractivity (Wildman–Crippen MR) is 201 cm³/mol. The fourth-order valence-electron chi connectivity index (χ4n) is 5.37. The minimum Gasteiger partial charge on any atom is -0.462 e. The number of rotatable bonds is 37. The second-order valence-electron chi connectivity index (χ2n) is 13.2. The molecule has 288 valence electrons. The Bertz CT molecular complexity index is 866. The number of allylic oxidation sites excluding steroid dienone is 4. The molecule has 10 heteroatoms. The quantitative estimate of drug-likeness (QED) is 0.0279. The third-order valence-electron chi connectivity index (χ3n) is 8.34. The summed E-state index contributed by atoms with van der Waals surface area (Å²) in [6.45, 7) is 3.69. The zero-order valence-corrected chi connectivity index (χ0v) is 32.3. The zero-order valence-electron chi connectivity index (χ0n) is 31.4. The summed E-state index contributed by atoms with van der Waals surface area (Å²) in [4.78, 5) is 34.7. The molecule has 0 aromatic heterocycles. The number of carbonyl (C=O) groups excluding carboxylic acids is 2. The van der Waals surface area contributed by atoms with E-state index < -0.39 is 32.5 Å². The van der Waals surface area contributed by atoms with Gasteiger partial charge in [-0.1, -0.05) is 147 Å². The minimum absolute atomic E-state index is 0.0528. The maximum Gasteiger partial charge on any atom is 0.472 e. The third kappa shape index (κ3) is 36.1. The molecule has 2 atom stereocenters. The number of nitrogens with two attached hydrogens (primary N) is 1. The molecule has 0 aliphatic rings. The molecule has 0 heterocycles. The number of phosphoric ester groups is 1. The monoisotopic (exact) mass is 716 g/mol. The third-order valence-corrected chi connectivity index (χ3v) is 9.32. The Hall–Kier alpha value is -1.51. The van der Waals surface area contributed by atoms with Gasteiger partial charge in [-0.25, -0.2) is 4.57 Å². The first kappa shape index (κ1) is 47.5. The van der Waals surface area contributed by atoms with Crippen molar-refractivity contribution in [3.05, 3.63) is 24.3 Å². The van der Waals surface area contributed by atoms with Gasteiger partial charge in [0.05, 0.1) is 13.2 Å². The molecular formula is C39H74NO8P. The van der Waals surface area contributed by atoms with Crippen LogP contribution in [0.25, 0.3) is 0 Å². The zero-order chi connectivity index (χ0) is 36.1. The molecule has 0 saturated carbocycles. The van der Waals surface area contributed by atoms with E-state index in [1.165, 1.54) is 89.9 Å². The molecule has 9 nitrogen and oxygen atoms in total. The molecule has 0 rings (SSSR count). The number of ether oxygens (including phenoxy) is 2. The number of carbonyl (C=O) groups is 2. The molecule has 0 amide bonds. The first-order valence-corrected chi connectivity index (χ1v) is 21.3. The molecule has 0 aliphatic carbocycles. The first-order valence-electron chi connectivity index (χ1n) is 19.8. The summed E-state index contributed by atoms with van der Waals surface area (Å²) in [5.74, 6) is -0.841. The Labute approximate surface area is 300 Å². The van der Waals surface area contributed by atoms with E-state index in [-0.39, 0.29) is 32.6 Å². The highest BCUT2D eigenvalue weighted by molar-refractivity contribution is 7.47. The minimum atomic E-state index is -4.37. The summed E-state index contributed by atoms with van der Waals surface area (Å²) in [5.41, 5.74) is 5.33. The van der Waals surface area contributed by atoms with Crippen LogP contribution in [0.2, 0.25) is 0 Å². The number of esters is 2. The molecule has 49 heavy (non-hydrogen) atoms. The highest BCUT2D eigenvalue weighted by Crippen LogP contribution is 2.43. The van der Waals surface area contributed by atoms with Crippen LogP contribution in [0.4, 0.5) is 0 Å². The van der Waals surface area contributed by atoms with Crippen molar-refractivity contribution in [2.75, 3.05) is 26.4 Å².